The number of ether oxygens (including phenoxy) is 1. The first kappa shape index (κ1) is 12.4. The fourth-order valence-corrected chi connectivity index (χ4v) is 2.38. The molecule has 1 aliphatic carbocycles. The van der Waals surface area contributed by atoms with E-state index in [0.29, 0.717) is 10.2 Å². The zero-order valence-electron chi connectivity index (χ0n) is 9.08. The van der Waals surface area contributed by atoms with Crippen molar-refractivity contribution in [2.24, 2.45) is 0 Å². The highest BCUT2D eigenvalue weighted by Gasteiger charge is 2.41. The Bertz CT molecular complexity index is 443. The topological polar surface area (TPSA) is 46.5 Å². The molecule has 1 saturated carbocycles. The van der Waals surface area contributed by atoms with E-state index < -0.39 is 11.6 Å². The molecule has 1 aliphatic rings. The monoisotopic (exact) mass is 302 g/mol. The molecule has 92 valence electrons. The largest absolute Gasteiger partial charge is 0.485 e. The van der Waals surface area contributed by atoms with Crippen LogP contribution in [0.15, 0.2) is 22.7 Å². The number of hydrogen-bond donors (Lipinski definition) is 1. The van der Waals surface area contributed by atoms with Gasteiger partial charge in [0, 0.05) is 0 Å². The summed E-state index contributed by atoms with van der Waals surface area (Å²) < 4.78 is 19.2. The maximum Gasteiger partial charge on any atom is 0.307 e. The molecule has 1 aromatic rings. The smallest absolute Gasteiger partial charge is 0.307 e. The number of carbonyl (C=O) groups is 1. The lowest BCUT2D eigenvalue weighted by Crippen LogP contribution is -2.45. The highest BCUT2D eigenvalue weighted by atomic mass is 79.9. The zero-order valence-corrected chi connectivity index (χ0v) is 10.7. The van der Waals surface area contributed by atoms with Gasteiger partial charge in [-0.3, -0.25) is 4.79 Å². The molecular weight excluding hydrogens is 291 g/mol. The van der Waals surface area contributed by atoms with Crippen LogP contribution in [0.1, 0.15) is 25.7 Å². The third kappa shape index (κ3) is 2.77. The molecule has 2 rings (SSSR count). The highest BCUT2D eigenvalue weighted by Crippen LogP contribution is 2.41. The van der Waals surface area contributed by atoms with Crippen molar-refractivity contribution in [3.63, 3.8) is 0 Å². The molecule has 0 unspecified atom stereocenters. The lowest BCUT2D eigenvalue weighted by molar-refractivity contribution is -0.144. The Kier molecular flexibility index (Phi) is 3.38. The molecule has 0 aliphatic heterocycles. The fourth-order valence-electron chi connectivity index (χ4n) is 1.95. The summed E-state index contributed by atoms with van der Waals surface area (Å²) in [5.41, 5.74) is -0.619. The van der Waals surface area contributed by atoms with Crippen LogP contribution in [0.4, 0.5) is 4.39 Å². The number of benzene rings is 1. The molecule has 0 spiro atoms. The quantitative estimate of drug-likeness (QED) is 0.927. The number of rotatable bonds is 4. The maximum absolute atomic E-state index is 12.9. The lowest BCUT2D eigenvalue weighted by Gasteiger charge is -2.41. The fraction of sp³-hybridized carbons (Fsp3) is 0.417. The molecule has 1 fully saturated rings. The lowest BCUT2D eigenvalue weighted by atomic mass is 9.77. The Labute approximate surface area is 107 Å². The van der Waals surface area contributed by atoms with E-state index in [4.69, 9.17) is 9.84 Å². The summed E-state index contributed by atoms with van der Waals surface area (Å²) in [4.78, 5) is 10.8. The van der Waals surface area contributed by atoms with Crippen LogP contribution in [0.3, 0.4) is 0 Å². The first-order valence-corrected chi connectivity index (χ1v) is 6.16. The molecule has 0 aromatic heterocycles. The summed E-state index contributed by atoms with van der Waals surface area (Å²) in [6, 6.07) is 4.12. The van der Waals surface area contributed by atoms with E-state index in [9.17, 15) is 9.18 Å². The van der Waals surface area contributed by atoms with Gasteiger partial charge in [0.1, 0.15) is 17.2 Å². The molecule has 1 N–H and O–H groups in total. The van der Waals surface area contributed by atoms with Gasteiger partial charge in [-0.1, -0.05) is 0 Å². The third-order valence-corrected chi connectivity index (χ3v) is 3.58. The van der Waals surface area contributed by atoms with Gasteiger partial charge >= 0.3 is 5.97 Å². The third-order valence-electron chi connectivity index (χ3n) is 2.96. The standard InChI is InChI=1S/C12H12BrFO3/c13-9-6-8(14)2-3-10(9)17-12(4-1-5-12)7-11(15)16/h2-3,6H,1,4-5,7H2,(H,15,16). The van der Waals surface area contributed by atoms with E-state index in [1.807, 2.05) is 0 Å². The van der Waals surface area contributed by atoms with Crippen LogP contribution in [0.2, 0.25) is 0 Å². The summed E-state index contributed by atoms with van der Waals surface area (Å²) in [7, 11) is 0. The van der Waals surface area contributed by atoms with Gasteiger partial charge in [0.2, 0.25) is 0 Å². The zero-order chi connectivity index (χ0) is 12.5. The second-order valence-corrected chi connectivity index (χ2v) is 5.14. The van der Waals surface area contributed by atoms with Gasteiger partial charge in [-0.05, 0) is 53.4 Å². The first-order chi connectivity index (χ1) is 8.01. The second kappa shape index (κ2) is 4.64. The van der Waals surface area contributed by atoms with Gasteiger partial charge in [0.15, 0.2) is 0 Å². The van der Waals surface area contributed by atoms with Crippen LogP contribution in [-0.4, -0.2) is 16.7 Å². The summed E-state index contributed by atoms with van der Waals surface area (Å²) >= 11 is 3.21. The number of hydrogen-bond acceptors (Lipinski definition) is 2. The molecule has 0 heterocycles. The van der Waals surface area contributed by atoms with E-state index in [0.717, 1.165) is 19.3 Å². The van der Waals surface area contributed by atoms with Gasteiger partial charge in [-0.2, -0.15) is 0 Å². The van der Waals surface area contributed by atoms with E-state index in [-0.39, 0.29) is 12.2 Å². The Hall–Kier alpha value is -1.10. The molecule has 0 atom stereocenters. The van der Waals surface area contributed by atoms with Crippen LogP contribution < -0.4 is 4.74 Å². The number of halogens is 2. The summed E-state index contributed by atoms with van der Waals surface area (Å²) in [5.74, 6) is -0.736. The van der Waals surface area contributed by atoms with Gasteiger partial charge in [-0.15, -0.1) is 0 Å². The minimum Gasteiger partial charge on any atom is -0.485 e. The van der Waals surface area contributed by atoms with Crippen LogP contribution in [0.25, 0.3) is 0 Å². The average molecular weight is 303 g/mol. The normalized spacial score (nSPS) is 17.3. The van der Waals surface area contributed by atoms with Gasteiger partial charge in [0.05, 0.1) is 10.9 Å². The number of carboxylic acid groups (broad SMARTS) is 1. The van der Waals surface area contributed by atoms with Crippen molar-refractivity contribution in [1.82, 2.24) is 0 Å². The minimum absolute atomic E-state index is 0.0170. The number of aliphatic carboxylic acids is 1. The van der Waals surface area contributed by atoms with Gasteiger partial charge < -0.3 is 9.84 Å². The molecule has 3 nitrogen and oxygen atoms in total. The Balaban J connectivity index is 2.15. The summed E-state index contributed by atoms with van der Waals surface area (Å²) in [6.45, 7) is 0. The van der Waals surface area contributed by atoms with Crippen LogP contribution >= 0.6 is 15.9 Å². The van der Waals surface area contributed by atoms with Gasteiger partial charge in [0.25, 0.3) is 0 Å². The van der Waals surface area contributed by atoms with Crippen molar-refractivity contribution >= 4 is 21.9 Å². The van der Waals surface area contributed by atoms with Crippen molar-refractivity contribution in [2.75, 3.05) is 0 Å². The predicted molar refractivity (Wildman–Crippen MR) is 63.6 cm³/mol. The minimum atomic E-state index is -0.872. The van der Waals surface area contributed by atoms with Crippen molar-refractivity contribution in [3.05, 3.63) is 28.5 Å². The van der Waals surface area contributed by atoms with Crippen molar-refractivity contribution < 1.29 is 19.0 Å². The van der Waals surface area contributed by atoms with E-state index in [2.05, 4.69) is 15.9 Å². The van der Waals surface area contributed by atoms with Crippen LogP contribution in [0, 0.1) is 5.82 Å². The molecule has 1 aromatic carbocycles. The predicted octanol–water partition coefficient (Wildman–Crippen LogP) is 3.36. The highest BCUT2D eigenvalue weighted by molar-refractivity contribution is 9.10. The average Bonchev–Trinajstić information content (AvgIpc) is 2.18. The second-order valence-electron chi connectivity index (χ2n) is 4.28. The van der Waals surface area contributed by atoms with E-state index in [1.165, 1.54) is 18.2 Å². The van der Waals surface area contributed by atoms with Crippen molar-refractivity contribution in [3.8, 4) is 5.75 Å². The Morgan fingerprint density at radius 3 is 2.71 bits per heavy atom. The first-order valence-electron chi connectivity index (χ1n) is 5.37. The Morgan fingerprint density at radius 2 is 2.24 bits per heavy atom. The van der Waals surface area contributed by atoms with Crippen LogP contribution in [-0.2, 0) is 4.79 Å². The SMILES string of the molecule is O=C(O)CC1(Oc2ccc(F)cc2Br)CCC1. The molecule has 0 bridgehead atoms. The molecule has 5 heteroatoms. The molecule has 17 heavy (non-hydrogen) atoms. The molecular formula is C12H12BrFO3. The van der Waals surface area contributed by atoms with E-state index in [1.54, 1.807) is 0 Å². The number of carboxylic acids is 1. The van der Waals surface area contributed by atoms with Crippen LogP contribution in [0.5, 0.6) is 5.75 Å². The van der Waals surface area contributed by atoms with E-state index >= 15 is 0 Å². The summed E-state index contributed by atoms with van der Waals surface area (Å²) in [5, 5.41) is 8.85. The molecule has 0 amide bonds. The van der Waals surface area contributed by atoms with Crippen molar-refractivity contribution in [1.29, 1.82) is 0 Å². The molecule has 0 radical (unpaired) electrons. The maximum atomic E-state index is 12.9. The van der Waals surface area contributed by atoms with Crippen molar-refractivity contribution in [2.45, 2.75) is 31.3 Å². The summed E-state index contributed by atoms with van der Waals surface area (Å²) in [6.07, 6.45) is 2.40. The Morgan fingerprint density at radius 1 is 1.53 bits per heavy atom. The van der Waals surface area contributed by atoms with Gasteiger partial charge in [-0.25, -0.2) is 4.39 Å². The molecule has 0 saturated heterocycles.